The Morgan fingerprint density at radius 3 is 2.21 bits per heavy atom. The van der Waals surface area contributed by atoms with Gasteiger partial charge in [-0.15, -0.1) is 0 Å². The largest absolute Gasteiger partial charge is 0.488 e. The lowest BCUT2D eigenvalue weighted by Crippen LogP contribution is -2.42. The molecule has 1 aliphatic carbocycles. The van der Waals surface area contributed by atoms with E-state index >= 15 is 0 Å². The Morgan fingerprint density at radius 2 is 1.59 bits per heavy atom. The molecule has 0 fully saturated rings. The summed E-state index contributed by atoms with van der Waals surface area (Å²) in [4.78, 5) is 24.2. The molecule has 1 aliphatic rings. The molecule has 0 radical (unpaired) electrons. The Labute approximate surface area is 195 Å². The van der Waals surface area contributed by atoms with Crippen LogP contribution >= 0.6 is 0 Å². The van der Waals surface area contributed by atoms with Crippen LogP contribution in [0.5, 0.6) is 5.75 Å². The van der Waals surface area contributed by atoms with Gasteiger partial charge in [0.1, 0.15) is 25.0 Å². The van der Waals surface area contributed by atoms with E-state index in [2.05, 4.69) is 5.32 Å². The second kappa shape index (κ2) is 10.3. The number of aliphatic carboxylic acids is 1. The normalized spacial score (nSPS) is 13.1. The Hall–Kier alpha value is -3.94. The molecule has 0 spiro atoms. The van der Waals surface area contributed by atoms with Crippen molar-refractivity contribution in [3.8, 4) is 16.9 Å². The summed E-state index contributed by atoms with van der Waals surface area (Å²) in [6.45, 7) is -0.701. The lowest BCUT2D eigenvalue weighted by Gasteiger charge is -2.18. The van der Waals surface area contributed by atoms with E-state index < -0.39 is 31.1 Å². The summed E-state index contributed by atoms with van der Waals surface area (Å²) in [5.41, 5.74) is 4.78. The molecule has 34 heavy (non-hydrogen) atoms. The minimum atomic E-state index is -2.62. The second-order valence-electron chi connectivity index (χ2n) is 7.91. The standard InChI is InChI=1S/C26H23F2NO5/c27-24(28)15-33-17-7-5-6-16(12-17)13-23(25(30)31)29-26(32)34-14-22-20-10-3-1-8-18(20)19-9-2-4-11-21(19)22/h1-12,22-24H,13-15H2,(H,29,32)(H,30,31). The first kappa shape index (κ1) is 23.2. The summed E-state index contributed by atoms with van der Waals surface area (Å²) < 4.78 is 35.1. The number of benzene rings is 3. The van der Waals surface area contributed by atoms with Gasteiger partial charge in [-0.1, -0.05) is 60.7 Å². The van der Waals surface area contributed by atoms with Crippen LogP contribution in [0.4, 0.5) is 13.6 Å². The number of alkyl carbamates (subject to hydrolysis) is 1. The molecule has 1 amide bonds. The molecule has 0 aromatic heterocycles. The van der Waals surface area contributed by atoms with Crippen molar-refractivity contribution < 1.29 is 33.0 Å². The van der Waals surface area contributed by atoms with Gasteiger partial charge in [-0.2, -0.15) is 0 Å². The van der Waals surface area contributed by atoms with Crippen molar-refractivity contribution in [2.45, 2.75) is 24.8 Å². The van der Waals surface area contributed by atoms with Gasteiger partial charge in [0, 0.05) is 12.3 Å². The lowest BCUT2D eigenvalue weighted by molar-refractivity contribution is -0.139. The molecule has 176 valence electrons. The van der Waals surface area contributed by atoms with Crippen molar-refractivity contribution in [2.75, 3.05) is 13.2 Å². The second-order valence-corrected chi connectivity index (χ2v) is 7.91. The van der Waals surface area contributed by atoms with Gasteiger partial charge >= 0.3 is 12.1 Å². The SMILES string of the molecule is O=C(NC(Cc1cccc(OCC(F)F)c1)C(=O)O)OCC1c2ccccc2-c2ccccc21. The van der Waals surface area contributed by atoms with Crippen LogP contribution in [0.1, 0.15) is 22.6 Å². The average molecular weight is 467 g/mol. The van der Waals surface area contributed by atoms with Crippen LogP contribution in [0.3, 0.4) is 0 Å². The third-order valence-electron chi connectivity index (χ3n) is 5.65. The topological polar surface area (TPSA) is 84.9 Å². The zero-order chi connectivity index (χ0) is 24.1. The third kappa shape index (κ3) is 5.33. The molecular formula is C26H23F2NO5. The van der Waals surface area contributed by atoms with Crippen molar-refractivity contribution in [1.82, 2.24) is 5.32 Å². The number of carboxylic acids is 1. The first-order chi connectivity index (χ1) is 16.4. The van der Waals surface area contributed by atoms with Gasteiger partial charge in [0.05, 0.1) is 0 Å². The number of carbonyl (C=O) groups excluding carboxylic acids is 1. The number of carbonyl (C=O) groups is 2. The van der Waals surface area contributed by atoms with Crippen LogP contribution in [-0.4, -0.2) is 42.9 Å². The fourth-order valence-electron chi connectivity index (χ4n) is 4.14. The van der Waals surface area contributed by atoms with Gasteiger partial charge in [-0.05, 0) is 39.9 Å². The number of ether oxygens (including phenoxy) is 2. The number of amides is 1. The average Bonchev–Trinajstić information content (AvgIpc) is 3.15. The van der Waals surface area contributed by atoms with Gasteiger partial charge in [0.2, 0.25) is 0 Å². The van der Waals surface area contributed by atoms with Crippen molar-refractivity contribution >= 4 is 12.1 Å². The van der Waals surface area contributed by atoms with Crippen LogP contribution in [-0.2, 0) is 16.0 Å². The predicted octanol–water partition coefficient (Wildman–Crippen LogP) is 4.86. The van der Waals surface area contributed by atoms with Crippen LogP contribution < -0.4 is 10.1 Å². The summed E-state index contributed by atoms with van der Waals surface area (Å²) in [5, 5.41) is 12.0. The number of rotatable bonds is 9. The van der Waals surface area contributed by atoms with E-state index in [0.29, 0.717) is 5.56 Å². The Balaban J connectivity index is 1.39. The van der Waals surface area contributed by atoms with E-state index in [1.807, 2.05) is 48.5 Å². The highest BCUT2D eigenvalue weighted by molar-refractivity contribution is 5.81. The highest BCUT2D eigenvalue weighted by Crippen LogP contribution is 2.44. The quantitative estimate of drug-likeness (QED) is 0.469. The first-order valence-electron chi connectivity index (χ1n) is 10.8. The number of halogens is 2. The summed E-state index contributed by atoms with van der Waals surface area (Å²) in [7, 11) is 0. The molecule has 4 rings (SSSR count). The maximum absolute atomic E-state index is 12.5. The lowest BCUT2D eigenvalue weighted by atomic mass is 9.98. The molecule has 0 heterocycles. The van der Waals surface area contributed by atoms with E-state index in [1.165, 1.54) is 12.1 Å². The fraction of sp³-hybridized carbons (Fsp3) is 0.231. The maximum atomic E-state index is 12.5. The molecule has 0 saturated carbocycles. The minimum absolute atomic E-state index is 0.0587. The van der Waals surface area contributed by atoms with Crippen molar-refractivity contribution in [3.05, 3.63) is 89.5 Å². The van der Waals surface area contributed by atoms with Crippen LogP contribution in [0.2, 0.25) is 0 Å². The van der Waals surface area contributed by atoms with Crippen molar-refractivity contribution in [1.29, 1.82) is 0 Å². The molecule has 0 aliphatic heterocycles. The first-order valence-corrected chi connectivity index (χ1v) is 10.8. The zero-order valence-electron chi connectivity index (χ0n) is 18.1. The smallest absolute Gasteiger partial charge is 0.407 e. The van der Waals surface area contributed by atoms with Crippen LogP contribution in [0.25, 0.3) is 11.1 Å². The van der Waals surface area contributed by atoms with Gasteiger partial charge < -0.3 is 19.9 Å². The van der Waals surface area contributed by atoms with Gasteiger partial charge in [0.25, 0.3) is 6.43 Å². The highest BCUT2D eigenvalue weighted by Gasteiger charge is 2.29. The molecule has 1 atom stereocenters. The molecule has 2 N–H and O–H groups in total. The van der Waals surface area contributed by atoms with E-state index in [9.17, 15) is 23.5 Å². The summed E-state index contributed by atoms with van der Waals surface area (Å²) >= 11 is 0. The Bertz CT molecular complexity index is 1140. The third-order valence-corrected chi connectivity index (χ3v) is 5.65. The fourth-order valence-corrected chi connectivity index (χ4v) is 4.14. The number of hydrogen-bond donors (Lipinski definition) is 2. The van der Waals surface area contributed by atoms with Gasteiger partial charge in [-0.25, -0.2) is 18.4 Å². The maximum Gasteiger partial charge on any atom is 0.407 e. The Kier molecular flexibility index (Phi) is 7.06. The molecule has 0 bridgehead atoms. The van der Waals surface area contributed by atoms with Gasteiger partial charge in [-0.3, -0.25) is 0 Å². The molecular weight excluding hydrogens is 444 g/mol. The molecule has 3 aromatic carbocycles. The number of fused-ring (bicyclic) bond motifs is 3. The molecule has 1 unspecified atom stereocenters. The highest BCUT2D eigenvalue weighted by atomic mass is 19.3. The summed E-state index contributed by atoms with van der Waals surface area (Å²) in [6, 6.07) is 20.7. The number of nitrogens with one attached hydrogen (secondary N) is 1. The van der Waals surface area contributed by atoms with E-state index in [4.69, 9.17) is 9.47 Å². The monoisotopic (exact) mass is 467 g/mol. The minimum Gasteiger partial charge on any atom is -0.488 e. The molecule has 0 saturated heterocycles. The predicted molar refractivity (Wildman–Crippen MR) is 121 cm³/mol. The van der Waals surface area contributed by atoms with Crippen LogP contribution in [0, 0.1) is 0 Å². The van der Waals surface area contributed by atoms with Crippen LogP contribution in [0.15, 0.2) is 72.8 Å². The summed E-state index contributed by atoms with van der Waals surface area (Å²) in [6.07, 6.45) is -3.53. The van der Waals surface area contributed by atoms with E-state index in [1.54, 1.807) is 12.1 Å². The van der Waals surface area contributed by atoms with Gasteiger partial charge in [0.15, 0.2) is 0 Å². The van der Waals surface area contributed by atoms with E-state index in [-0.39, 0.29) is 24.7 Å². The molecule has 8 heteroatoms. The number of carboxylic acid groups (broad SMARTS) is 1. The Morgan fingerprint density at radius 1 is 0.941 bits per heavy atom. The molecule has 6 nitrogen and oxygen atoms in total. The van der Waals surface area contributed by atoms with Crippen molar-refractivity contribution in [3.63, 3.8) is 0 Å². The molecule has 3 aromatic rings. The number of hydrogen-bond acceptors (Lipinski definition) is 4. The zero-order valence-corrected chi connectivity index (χ0v) is 18.1. The summed E-state index contributed by atoms with van der Waals surface area (Å²) in [5.74, 6) is -1.19. The van der Waals surface area contributed by atoms with E-state index in [0.717, 1.165) is 22.3 Å². The number of alkyl halides is 2. The van der Waals surface area contributed by atoms with Crippen molar-refractivity contribution in [2.24, 2.45) is 0 Å².